The molecule has 7 nitrogen and oxygen atoms in total. The van der Waals surface area contributed by atoms with E-state index in [1.54, 1.807) is 12.3 Å². The first-order valence-electron chi connectivity index (χ1n) is 4.74. The lowest BCUT2D eigenvalue weighted by atomic mass is 10.1. The van der Waals surface area contributed by atoms with Crippen LogP contribution in [0.25, 0.3) is 0 Å². The fraction of sp³-hybridized carbons (Fsp3) is 0.444. The van der Waals surface area contributed by atoms with Gasteiger partial charge in [-0.05, 0) is 13.8 Å². The number of carbonyl (C=O) groups is 2. The van der Waals surface area contributed by atoms with Crippen LogP contribution in [0.15, 0.2) is 5.38 Å². The Labute approximate surface area is 101 Å². The molecule has 0 saturated heterocycles. The van der Waals surface area contributed by atoms with Crippen molar-refractivity contribution in [2.24, 2.45) is 0 Å². The van der Waals surface area contributed by atoms with E-state index in [0.717, 1.165) is 12.6 Å². The predicted octanol–water partition coefficient (Wildman–Crippen LogP) is 0.409. The molecule has 1 aromatic rings. The van der Waals surface area contributed by atoms with Gasteiger partial charge in [-0.1, -0.05) is 0 Å². The Morgan fingerprint density at radius 2 is 2.24 bits per heavy atom. The van der Waals surface area contributed by atoms with Crippen molar-refractivity contribution < 1.29 is 19.8 Å². The molecule has 94 valence electrons. The molecule has 1 heterocycles. The second kappa shape index (κ2) is 5.11. The number of aryl methyl sites for hydroxylation is 1. The molecule has 1 rings (SSSR count). The summed E-state index contributed by atoms with van der Waals surface area (Å²) >= 11 is 1.26. The number of aliphatic hydroxyl groups is 1. The van der Waals surface area contributed by atoms with Crippen LogP contribution in [0.4, 0.5) is 9.93 Å². The molecule has 0 aliphatic heterocycles. The maximum Gasteiger partial charge on any atom is 0.337 e. The number of nitrogens with zero attached hydrogens (tertiary/aromatic N) is 1. The van der Waals surface area contributed by atoms with Crippen LogP contribution in [-0.2, 0) is 4.79 Å². The molecule has 1 atom stereocenters. The maximum atomic E-state index is 11.3. The van der Waals surface area contributed by atoms with E-state index in [9.17, 15) is 14.7 Å². The zero-order valence-corrected chi connectivity index (χ0v) is 10.2. The third kappa shape index (κ3) is 4.00. The van der Waals surface area contributed by atoms with Crippen LogP contribution in [0.5, 0.6) is 0 Å². The van der Waals surface area contributed by atoms with E-state index in [1.807, 2.05) is 0 Å². The molecular weight excluding hydrogens is 246 g/mol. The Balaban J connectivity index is 2.43. The second-order valence-corrected chi connectivity index (χ2v) is 4.54. The van der Waals surface area contributed by atoms with E-state index in [1.165, 1.54) is 11.3 Å². The summed E-state index contributed by atoms with van der Waals surface area (Å²) in [6, 6.07) is -0.610. The molecule has 0 aliphatic rings. The van der Waals surface area contributed by atoms with Crippen molar-refractivity contribution in [3.05, 3.63) is 11.1 Å². The van der Waals surface area contributed by atoms with Crippen LogP contribution in [0.3, 0.4) is 0 Å². The number of rotatable bonds is 4. The Bertz CT molecular complexity index is 430. The summed E-state index contributed by atoms with van der Waals surface area (Å²) in [5.74, 6) is -1.40. The Hall–Kier alpha value is -1.67. The lowest BCUT2D eigenvalue weighted by Crippen LogP contribution is -2.47. The van der Waals surface area contributed by atoms with Crippen molar-refractivity contribution in [1.29, 1.82) is 0 Å². The molecule has 0 bridgehead atoms. The van der Waals surface area contributed by atoms with Gasteiger partial charge in [0.05, 0.1) is 12.2 Å². The first-order valence-corrected chi connectivity index (χ1v) is 5.62. The summed E-state index contributed by atoms with van der Waals surface area (Å²) in [5, 5.41) is 24.8. The van der Waals surface area contributed by atoms with Gasteiger partial charge in [0.25, 0.3) is 0 Å². The Morgan fingerprint density at radius 3 is 2.71 bits per heavy atom. The summed E-state index contributed by atoms with van der Waals surface area (Å²) in [5.41, 5.74) is -1.21. The number of hydrogen-bond acceptors (Lipinski definition) is 5. The molecule has 0 radical (unpaired) electrons. The SMILES string of the molecule is Cc1csc(NC(=O)NCC(C)(O)C(=O)O)n1. The van der Waals surface area contributed by atoms with Gasteiger partial charge in [0.15, 0.2) is 10.7 Å². The number of urea groups is 1. The Kier molecular flexibility index (Phi) is 4.02. The minimum Gasteiger partial charge on any atom is -0.479 e. The first-order chi connectivity index (χ1) is 7.81. The highest BCUT2D eigenvalue weighted by Crippen LogP contribution is 2.13. The molecule has 0 aromatic carbocycles. The van der Waals surface area contributed by atoms with Crippen molar-refractivity contribution in [2.75, 3.05) is 11.9 Å². The van der Waals surface area contributed by atoms with E-state index in [4.69, 9.17) is 5.11 Å². The van der Waals surface area contributed by atoms with Gasteiger partial charge >= 0.3 is 12.0 Å². The minimum absolute atomic E-state index is 0.390. The first kappa shape index (κ1) is 13.4. The fourth-order valence-electron chi connectivity index (χ4n) is 0.881. The van der Waals surface area contributed by atoms with Crippen molar-refractivity contribution in [3.63, 3.8) is 0 Å². The average molecular weight is 259 g/mol. The van der Waals surface area contributed by atoms with Gasteiger partial charge in [-0.3, -0.25) is 5.32 Å². The number of aliphatic carboxylic acids is 1. The topological polar surface area (TPSA) is 112 Å². The number of aromatic nitrogens is 1. The number of amides is 2. The van der Waals surface area contributed by atoms with Crippen LogP contribution in [0.2, 0.25) is 0 Å². The van der Waals surface area contributed by atoms with E-state index in [2.05, 4.69) is 15.6 Å². The van der Waals surface area contributed by atoms with Crippen molar-refractivity contribution in [2.45, 2.75) is 19.4 Å². The molecule has 2 amide bonds. The van der Waals surface area contributed by atoms with Gasteiger partial charge in [-0.25, -0.2) is 14.6 Å². The van der Waals surface area contributed by atoms with Crippen LogP contribution < -0.4 is 10.6 Å². The van der Waals surface area contributed by atoms with E-state index >= 15 is 0 Å². The normalized spacial score (nSPS) is 13.8. The molecule has 4 N–H and O–H groups in total. The van der Waals surface area contributed by atoms with Gasteiger partial charge in [0.2, 0.25) is 0 Å². The van der Waals surface area contributed by atoms with E-state index in [-0.39, 0.29) is 0 Å². The number of carboxylic acid groups (broad SMARTS) is 1. The zero-order chi connectivity index (χ0) is 13.1. The molecule has 17 heavy (non-hydrogen) atoms. The maximum absolute atomic E-state index is 11.3. The highest BCUT2D eigenvalue weighted by Gasteiger charge is 2.30. The lowest BCUT2D eigenvalue weighted by Gasteiger charge is -2.18. The molecule has 8 heteroatoms. The Morgan fingerprint density at radius 1 is 1.59 bits per heavy atom. The van der Waals surface area contributed by atoms with Gasteiger partial charge < -0.3 is 15.5 Å². The van der Waals surface area contributed by atoms with Gasteiger partial charge in [-0.15, -0.1) is 11.3 Å². The molecular formula is C9H13N3O4S. The summed E-state index contributed by atoms with van der Waals surface area (Å²) in [6.07, 6.45) is 0. The summed E-state index contributed by atoms with van der Waals surface area (Å²) < 4.78 is 0. The molecule has 1 aromatic heterocycles. The summed E-state index contributed by atoms with van der Waals surface area (Å²) in [4.78, 5) is 25.9. The van der Waals surface area contributed by atoms with Crippen molar-refractivity contribution in [3.8, 4) is 0 Å². The molecule has 0 saturated carbocycles. The largest absolute Gasteiger partial charge is 0.479 e. The molecule has 0 spiro atoms. The van der Waals surface area contributed by atoms with Crippen LogP contribution in [0, 0.1) is 6.92 Å². The smallest absolute Gasteiger partial charge is 0.337 e. The van der Waals surface area contributed by atoms with Gasteiger partial charge in [-0.2, -0.15) is 0 Å². The number of thiazole rings is 1. The fourth-order valence-corrected chi connectivity index (χ4v) is 1.56. The van der Waals surface area contributed by atoms with Crippen molar-refractivity contribution >= 4 is 28.5 Å². The second-order valence-electron chi connectivity index (χ2n) is 3.68. The number of carboxylic acids is 1. The lowest BCUT2D eigenvalue weighted by molar-refractivity contribution is -0.155. The number of hydrogen-bond donors (Lipinski definition) is 4. The molecule has 1 unspecified atom stereocenters. The van der Waals surface area contributed by atoms with Crippen molar-refractivity contribution in [1.82, 2.24) is 10.3 Å². The zero-order valence-electron chi connectivity index (χ0n) is 9.35. The summed E-state index contributed by atoms with van der Waals surface area (Å²) in [6.45, 7) is 2.50. The quantitative estimate of drug-likeness (QED) is 0.625. The molecule has 0 fully saturated rings. The predicted molar refractivity (Wildman–Crippen MR) is 62.1 cm³/mol. The summed E-state index contributed by atoms with van der Waals surface area (Å²) in [7, 11) is 0. The van der Waals surface area contributed by atoms with Gasteiger partial charge in [0.1, 0.15) is 0 Å². The highest BCUT2D eigenvalue weighted by molar-refractivity contribution is 7.13. The van der Waals surface area contributed by atoms with E-state index in [0.29, 0.717) is 5.13 Å². The third-order valence-corrected chi connectivity index (χ3v) is 2.77. The standard InChI is InChI=1S/C9H13N3O4S/c1-5-3-17-8(11-5)12-7(15)10-4-9(2,16)6(13)14/h3,16H,4H2,1-2H3,(H,13,14)(H2,10,11,12,15). The minimum atomic E-state index is -1.99. The van der Waals surface area contributed by atoms with Crippen LogP contribution in [0.1, 0.15) is 12.6 Å². The number of carbonyl (C=O) groups excluding carboxylic acids is 1. The van der Waals surface area contributed by atoms with Crippen LogP contribution >= 0.6 is 11.3 Å². The average Bonchev–Trinajstić information content (AvgIpc) is 2.61. The van der Waals surface area contributed by atoms with E-state index < -0.39 is 24.1 Å². The highest BCUT2D eigenvalue weighted by atomic mass is 32.1. The number of anilines is 1. The molecule has 0 aliphatic carbocycles. The van der Waals surface area contributed by atoms with Crippen LogP contribution in [-0.4, -0.2) is 39.3 Å². The third-order valence-electron chi connectivity index (χ3n) is 1.89. The van der Waals surface area contributed by atoms with Gasteiger partial charge in [0, 0.05) is 5.38 Å². The number of nitrogens with one attached hydrogen (secondary N) is 2. The monoisotopic (exact) mass is 259 g/mol.